The fraction of sp³-hybridized carbons (Fsp3) is 0.0435. The summed E-state index contributed by atoms with van der Waals surface area (Å²) >= 11 is 6.33. The second-order valence-corrected chi connectivity index (χ2v) is 6.92. The Morgan fingerprint density at radius 3 is 2.45 bits per heavy atom. The van der Waals surface area contributed by atoms with Gasteiger partial charge in [0.25, 0.3) is 0 Å². The number of aromatic hydroxyl groups is 1. The van der Waals surface area contributed by atoms with Gasteiger partial charge in [0.15, 0.2) is 0 Å². The SMILES string of the molecule is Cc1c(-c2cccnc2)oc(=O)c(-c2cc(-c3ccc(F)cc3)ccc2Cl)c1O. The van der Waals surface area contributed by atoms with Gasteiger partial charge in [-0.15, -0.1) is 0 Å². The van der Waals surface area contributed by atoms with Crippen molar-refractivity contribution in [1.29, 1.82) is 0 Å². The van der Waals surface area contributed by atoms with Crippen molar-refractivity contribution in [2.24, 2.45) is 0 Å². The quantitative estimate of drug-likeness (QED) is 0.463. The molecule has 4 aromatic rings. The van der Waals surface area contributed by atoms with Crippen molar-refractivity contribution in [3.63, 3.8) is 0 Å². The van der Waals surface area contributed by atoms with Crippen LogP contribution in [0.15, 0.2) is 76.2 Å². The molecule has 2 aromatic carbocycles. The van der Waals surface area contributed by atoms with Crippen LogP contribution >= 0.6 is 11.6 Å². The summed E-state index contributed by atoms with van der Waals surface area (Å²) in [5, 5.41) is 11.1. The van der Waals surface area contributed by atoms with Crippen LogP contribution in [0.4, 0.5) is 4.39 Å². The molecule has 0 fully saturated rings. The van der Waals surface area contributed by atoms with Crippen LogP contribution in [0.5, 0.6) is 5.75 Å². The fourth-order valence-corrected chi connectivity index (χ4v) is 3.37. The van der Waals surface area contributed by atoms with Gasteiger partial charge in [0.1, 0.15) is 22.9 Å². The molecule has 0 atom stereocenters. The Morgan fingerprint density at radius 2 is 1.76 bits per heavy atom. The van der Waals surface area contributed by atoms with Crippen LogP contribution in [0.25, 0.3) is 33.6 Å². The first-order valence-corrected chi connectivity index (χ1v) is 9.16. The first-order valence-electron chi connectivity index (χ1n) is 8.78. The molecule has 0 aliphatic heterocycles. The van der Waals surface area contributed by atoms with Gasteiger partial charge in [-0.05, 0) is 54.4 Å². The maximum absolute atomic E-state index is 13.2. The summed E-state index contributed by atoms with van der Waals surface area (Å²) in [6.45, 7) is 1.65. The van der Waals surface area contributed by atoms with E-state index in [0.29, 0.717) is 16.7 Å². The second kappa shape index (κ2) is 7.53. The van der Waals surface area contributed by atoms with Gasteiger partial charge < -0.3 is 9.52 Å². The minimum atomic E-state index is -0.717. The van der Waals surface area contributed by atoms with Crippen molar-refractivity contribution < 1.29 is 13.9 Å². The number of hydrogen-bond acceptors (Lipinski definition) is 4. The molecule has 0 saturated carbocycles. The van der Waals surface area contributed by atoms with E-state index >= 15 is 0 Å². The van der Waals surface area contributed by atoms with E-state index in [1.54, 1.807) is 61.8 Å². The van der Waals surface area contributed by atoms with Gasteiger partial charge in [0.05, 0.1) is 0 Å². The van der Waals surface area contributed by atoms with Crippen LogP contribution in [0.3, 0.4) is 0 Å². The lowest BCUT2D eigenvalue weighted by molar-refractivity contribution is 0.450. The molecule has 144 valence electrons. The Hall–Kier alpha value is -3.44. The van der Waals surface area contributed by atoms with Gasteiger partial charge in [0, 0.05) is 34.1 Å². The highest BCUT2D eigenvalue weighted by molar-refractivity contribution is 6.33. The van der Waals surface area contributed by atoms with E-state index < -0.39 is 5.63 Å². The lowest BCUT2D eigenvalue weighted by atomic mass is 9.97. The van der Waals surface area contributed by atoms with E-state index in [9.17, 15) is 14.3 Å². The van der Waals surface area contributed by atoms with E-state index in [1.807, 2.05) is 0 Å². The Morgan fingerprint density at radius 1 is 1.03 bits per heavy atom. The summed E-state index contributed by atoms with van der Waals surface area (Å²) in [5.74, 6) is -0.309. The molecule has 6 heteroatoms. The highest BCUT2D eigenvalue weighted by Gasteiger charge is 2.21. The summed E-state index contributed by atoms with van der Waals surface area (Å²) in [4.78, 5) is 16.8. The van der Waals surface area contributed by atoms with Crippen molar-refractivity contribution in [2.45, 2.75) is 6.92 Å². The maximum atomic E-state index is 13.2. The van der Waals surface area contributed by atoms with Crippen molar-refractivity contribution in [2.75, 3.05) is 0 Å². The standard InChI is InChI=1S/C23H15ClFNO3/c1-13-21(27)20(23(28)29-22(13)16-3-2-10-26-12-16)18-11-15(6-9-19(18)24)14-4-7-17(25)8-5-14/h2-12,27H,1H3. The highest BCUT2D eigenvalue weighted by Crippen LogP contribution is 2.39. The lowest BCUT2D eigenvalue weighted by Crippen LogP contribution is -2.06. The molecule has 0 unspecified atom stereocenters. The summed E-state index contributed by atoms with van der Waals surface area (Å²) in [7, 11) is 0. The number of rotatable bonds is 3. The second-order valence-electron chi connectivity index (χ2n) is 6.51. The van der Waals surface area contributed by atoms with Crippen molar-refractivity contribution in [1.82, 2.24) is 4.98 Å². The maximum Gasteiger partial charge on any atom is 0.348 e. The topological polar surface area (TPSA) is 63.3 Å². The molecule has 0 saturated heterocycles. The number of hydrogen-bond donors (Lipinski definition) is 1. The zero-order valence-corrected chi connectivity index (χ0v) is 16.1. The third kappa shape index (κ3) is 3.52. The molecule has 0 bridgehead atoms. The first kappa shape index (κ1) is 18.9. The van der Waals surface area contributed by atoms with Gasteiger partial charge in [0.2, 0.25) is 0 Å². The van der Waals surface area contributed by atoms with Gasteiger partial charge in [-0.25, -0.2) is 9.18 Å². The van der Waals surface area contributed by atoms with Crippen molar-refractivity contribution in [3.05, 3.63) is 93.8 Å². The molecule has 0 spiro atoms. The molecule has 4 rings (SSSR count). The zero-order valence-electron chi connectivity index (χ0n) is 15.3. The summed E-state index contributed by atoms with van der Waals surface area (Å²) in [5.41, 5.74) is 2.04. The molecule has 29 heavy (non-hydrogen) atoms. The normalized spacial score (nSPS) is 10.9. The van der Waals surface area contributed by atoms with Crippen LogP contribution in [0.1, 0.15) is 5.56 Å². The van der Waals surface area contributed by atoms with Crippen LogP contribution in [0.2, 0.25) is 5.02 Å². The third-order valence-corrected chi connectivity index (χ3v) is 5.00. The molecular weight excluding hydrogens is 393 g/mol. The van der Waals surface area contributed by atoms with Crippen molar-refractivity contribution in [3.8, 4) is 39.3 Å². The van der Waals surface area contributed by atoms with Gasteiger partial charge in [-0.3, -0.25) is 4.98 Å². The Labute approximate surface area is 170 Å². The zero-order chi connectivity index (χ0) is 20.5. The summed E-state index contributed by atoms with van der Waals surface area (Å²) < 4.78 is 18.7. The van der Waals surface area contributed by atoms with Crippen LogP contribution in [-0.4, -0.2) is 10.1 Å². The van der Waals surface area contributed by atoms with Crippen LogP contribution < -0.4 is 5.63 Å². The minimum absolute atomic E-state index is 0.0240. The largest absolute Gasteiger partial charge is 0.507 e. The van der Waals surface area contributed by atoms with E-state index in [-0.39, 0.29) is 27.9 Å². The fourth-order valence-electron chi connectivity index (χ4n) is 3.16. The molecule has 1 N–H and O–H groups in total. The molecule has 2 aromatic heterocycles. The number of benzene rings is 2. The smallest absolute Gasteiger partial charge is 0.348 e. The highest BCUT2D eigenvalue weighted by atomic mass is 35.5. The molecule has 4 nitrogen and oxygen atoms in total. The van der Waals surface area contributed by atoms with E-state index in [2.05, 4.69) is 4.98 Å². The first-order chi connectivity index (χ1) is 14.0. The van der Waals surface area contributed by atoms with Gasteiger partial charge in [-0.2, -0.15) is 0 Å². The monoisotopic (exact) mass is 407 g/mol. The summed E-state index contributed by atoms with van der Waals surface area (Å²) in [6, 6.07) is 14.5. The minimum Gasteiger partial charge on any atom is -0.507 e. The van der Waals surface area contributed by atoms with Crippen LogP contribution in [0, 0.1) is 12.7 Å². The molecule has 0 aliphatic carbocycles. The van der Waals surface area contributed by atoms with E-state index in [0.717, 1.165) is 11.1 Å². The Balaban J connectivity index is 1.89. The lowest BCUT2D eigenvalue weighted by Gasteiger charge is -2.12. The van der Waals surface area contributed by atoms with E-state index in [1.165, 1.54) is 12.1 Å². The molecule has 2 heterocycles. The number of aromatic nitrogens is 1. The summed E-state index contributed by atoms with van der Waals surface area (Å²) in [6.07, 6.45) is 3.15. The van der Waals surface area contributed by atoms with E-state index in [4.69, 9.17) is 16.0 Å². The average molecular weight is 408 g/mol. The molecule has 0 amide bonds. The number of halogens is 2. The van der Waals surface area contributed by atoms with Crippen LogP contribution in [-0.2, 0) is 0 Å². The third-order valence-electron chi connectivity index (χ3n) is 4.67. The molecular formula is C23H15ClFNO3. The number of nitrogens with zero attached hydrogens (tertiary/aromatic N) is 1. The van der Waals surface area contributed by atoms with Crippen molar-refractivity contribution >= 4 is 11.6 Å². The Kier molecular flexibility index (Phi) is 4.91. The molecule has 0 aliphatic rings. The van der Waals surface area contributed by atoms with Gasteiger partial charge in [-0.1, -0.05) is 29.8 Å². The predicted octanol–water partition coefficient (Wildman–Crippen LogP) is 5.84. The average Bonchev–Trinajstić information content (AvgIpc) is 2.73. The number of pyridine rings is 1. The Bertz CT molecular complexity index is 1250. The predicted molar refractivity (Wildman–Crippen MR) is 110 cm³/mol. The molecule has 0 radical (unpaired) electrons. The van der Waals surface area contributed by atoms with Gasteiger partial charge >= 0.3 is 5.63 Å².